The van der Waals surface area contributed by atoms with Gasteiger partial charge in [-0.25, -0.2) is 9.37 Å². The van der Waals surface area contributed by atoms with Gasteiger partial charge in [-0.05, 0) is 24.5 Å². The van der Waals surface area contributed by atoms with Gasteiger partial charge in [-0.2, -0.15) is 0 Å². The highest BCUT2D eigenvalue weighted by Crippen LogP contribution is 2.33. The molecule has 2 aromatic rings. The number of fused-ring (bicyclic) bond motifs is 1. The molecule has 0 aliphatic carbocycles. The lowest BCUT2D eigenvalue weighted by atomic mass is 10.0. The molecule has 2 heterocycles. The van der Waals surface area contributed by atoms with Crippen molar-refractivity contribution >= 4 is 6.08 Å². The Kier molecular flexibility index (Phi) is 2.32. The second kappa shape index (κ2) is 3.84. The molecule has 2 nitrogen and oxygen atoms in total. The first-order valence-electron chi connectivity index (χ1n) is 5.72. The van der Waals surface area contributed by atoms with Gasteiger partial charge in [0.05, 0.1) is 12.4 Å². The molecule has 1 aromatic carbocycles. The molecule has 0 amide bonds. The predicted molar refractivity (Wildman–Crippen MR) is 65.2 cm³/mol. The Morgan fingerprint density at radius 2 is 2.35 bits per heavy atom. The molecule has 3 rings (SSSR count). The molecular formula is C14H13FN2. The minimum atomic E-state index is -0.158. The molecule has 0 bridgehead atoms. The van der Waals surface area contributed by atoms with E-state index in [2.05, 4.69) is 16.1 Å². The summed E-state index contributed by atoms with van der Waals surface area (Å²) in [5, 5.41) is 0. The van der Waals surface area contributed by atoms with Crippen LogP contribution < -0.4 is 0 Å². The minimum Gasteiger partial charge on any atom is -0.327 e. The van der Waals surface area contributed by atoms with Gasteiger partial charge in [-0.15, -0.1) is 0 Å². The largest absolute Gasteiger partial charge is 0.327 e. The van der Waals surface area contributed by atoms with Gasteiger partial charge in [0.1, 0.15) is 5.82 Å². The van der Waals surface area contributed by atoms with Crippen molar-refractivity contribution < 1.29 is 4.39 Å². The summed E-state index contributed by atoms with van der Waals surface area (Å²) in [6.45, 7) is 3.65. The molecule has 86 valence electrons. The van der Waals surface area contributed by atoms with E-state index in [0.717, 1.165) is 24.0 Å². The molecule has 1 aliphatic rings. The number of nitrogens with zero attached hydrogens (tertiary/aromatic N) is 2. The zero-order valence-electron chi connectivity index (χ0n) is 9.44. The van der Waals surface area contributed by atoms with Crippen LogP contribution in [0.25, 0.3) is 6.08 Å². The van der Waals surface area contributed by atoms with Crippen molar-refractivity contribution in [2.45, 2.75) is 18.9 Å². The summed E-state index contributed by atoms with van der Waals surface area (Å²) >= 11 is 0. The summed E-state index contributed by atoms with van der Waals surface area (Å²) in [4.78, 5) is 4.11. The Labute approximate surface area is 99.4 Å². The van der Waals surface area contributed by atoms with Gasteiger partial charge in [0.25, 0.3) is 0 Å². The number of halogens is 1. The van der Waals surface area contributed by atoms with E-state index in [4.69, 9.17) is 0 Å². The smallest absolute Gasteiger partial charge is 0.129 e. The van der Waals surface area contributed by atoms with Gasteiger partial charge in [0, 0.05) is 17.5 Å². The Balaban J connectivity index is 2.04. The zero-order chi connectivity index (χ0) is 11.8. The quantitative estimate of drug-likeness (QED) is 0.771. The molecule has 0 saturated carbocycles. The van der Waals surface area contributed by atoms with E-state index in [1.807, 2.05) is 18.3 Å². The van der Waals surface area contributed by atoms with Gasteiger partial charge in [0.2, 0.25) is 0 Å². The third-order valence-electron chi connectivity index (χ3n) is 3.38. The summed E-state index contributed by atoms with van der Waals surface area (Å²) in [7, 11) is 0. The SMILES string of the molecule is C=Cc1ccc(C2CCc3cncn32)c(F)c1. The molecule has 1 atom stereocenters. The van der Waals surface area contributed by atoms with E-state index in [-0.39, 0.29) is 11.9 Å². The van der Waals surface area contributed by atoms with Crippen LogP contribution in [0, 0.1) is 5.82 Å². The van der Waals surface area contributed by atoms with E-state index in [1.165, 1.54) is 11.8 Å². The van der Waals surface area contributed by atoms with E-state index < -0.39 is 0 Å². The topological polar surface area (TPSA) is 17.8 Å². The lowest BCUT2D eigenvalue weighted by Crippen LogP contribution is -2.06. The second-order valence-electron chi connectivity index (χ2n) is 4.33. The summed E-state index contributed by atoms with van der Waals surface area (Å²) in [5.74, 6) is -0.158. The fourth-order valence-electron chi connectivity index (χ4n) is 2.48. The molecular weight excluding hydrogens is 215 g/mol. The number of imidazole rings is 1. The maximum Gasteiger partial charge on any atom is 0.129 e. The summed E-state index contributed by atoms with van der Waals surface area (Å²) in [5.41, 5.74) is 2.74. The first-order valence-corrected chi connectivity index (χ1v) is 5.72. The Morgan fingerprint density at radius 3 is 3.12 bits per heavy atom. The molecule has 3 heteroatoms. The first-order chi connectivity index (χ1) is 8.29. The highest BCUT2D eigenvalue weighted by atomic mass is 19.1. The van der Waals surface area contributed by atoms with Crippen LogP contribution in [0.15, 0.2) is 37.3 Å². The molecule has 0 spiro atoms. The first kappa shape index (κ1) is 10.3. The van der Waals surface area contributed by atoms with Crippen LogP contribution in [0.4, 0.5) is 4.39 Å². The molecule has 17 heavy (non-hydrogen) atoms. The second-order valence-corrected chi connectivity index (χ2v) is 4.33. The third-order valence-corrected chi connectivity index (χ3v) is 3.38. The third kappa shape index (κ3) is 1.58. The van der Waals surface area contributed by atoms with Crippen molar-refractivity contribution in [2.24, 2.45) is 0 Å². The molecule has 1 aliphatic heterocycles. The van der Waals surface area contributed by atoms with Gasteiger partial charge in [-0.1, -0.05) is 24.8 Å². The normalized spacial score (nSPS) is 18.1. The fourth-order valence-corrected chi connectivity index (χ4v) is 2.48. The molecule has 0 fully saturated rings. The van der Waals surface area contributed by atoms with Crippen molar-refractivity contribution in [1.82, 2.24) is 9.55 Å². The summed E-state index contributed by atoms with van der Waals surface area (Å²) in [6.07, 6.45) is 7.21. The van der Waals surface area contributed by atoms with Crippen molar-refractivity contribution in [1.29, 1.82) is 0 Å². The molecule has 0 radical (unpaired) electrons. The number of hydrogen-bond acceptors (Lipinski definition) is 1. The van der Waals surface area contributed by atoms with E-state index in [9.17, 15) is 4.39 Å². The van der Waals surface area contributed by atoms with Gasteiger partial charge < -0.3 is 4.57 Å². The van der Waals surface area contributed by atoms with Crippen molar-refractivity contribution in [3.05, 3.63) is 59.9 Å². The standard InChI is InChI=1S/C14H13FN2/c1-2-10-3-5-12(13(15)7-10)14-6-4-11-8-16-9-17(11)14/h2-3,5,7-9,14H,1,4,6H2. The highest BCUT2D eigenvalue weighted by molar-refractivity contribution is 5.48. The number of benzene rings is 1. The monoisotopic (exact) mass is 228 g/mol. The van der Waals surface area contributed by atoms with E-state index >= 15 is 0 Å². The van der Waals surface area contributed by atoms with Crippen LogP contribution in [-0.4, -0.2) is 9.55 Å². The van der Waals surface area contributed by atoms with E-state index in [1.54, 1.807) is 12.4 Å². The van der Waals surface area contributed by atoms with Crippen molar-refractivity contribution in [3.8, 4) is 0 Å². The lowest BCUT2D eigenvalue weighted by molar-refractivity contribution is 0.545. The molecule has 1 aromatic heterocycles. The Morgan fingerprint density at radius 1 is 1.47 bits per heavy atom. The molecule has 1 unspecified atom stereocenters. The average molecular weight is 228 g/mol. The maximum atomic E-state index is 14.0. The fraction of sp³-hybridized carbons (Fsp3) is 0.214. The number of rotatable bonds is 2. The molecule has 0 saturated heterocycles. The number of aromatic nitrogens is 2. The van der Waals surface area contributed by atoms with Crippen LogP contribution in [0.5, 0.6) is 0 Å². The maximum absolute atomic E-state index is 14.0. The Hall–Kier alpha value is -1.90. The number of aryl methyl sites for hydroxylation is 1. The lowest BCUT2D eigenvalue weighted by Gasteiger charge is -2.14. The van der Waals surface area contributed by atoms with E-state index in [0.29, 0.717) is 0 Å². The predicted octanol–water partition coefficient (Wildman–Crippen LogP) is 3.20. The minimum absolute atomic E-state index is 0.0892. The number of hydrogen-bond donors (Lipinski definition) is 0. The van der Waals surface area contributed by atoms with Gasteiger partial charge in [-0.3, -0.25) is 0 Å². The average Bonchev–Trinajstić information content (AvgIpc) is 2.91. The van der Waals surface area contributed by atoms with Crippen LogP contribution >= 0.6 is 0 Å². The van der Waals surface area contributed by atoms with Crippen LogP contribution in [0.2, 0.25) is 0 Å². The van der Waals surface area contributed by atoms with Crippen LogP contribution in [0.1, 0.15) is 29.3 Å². The zero-order valence-corrected chi connectivity index (χ0v) is 9.44. The van der Waals surface area contributed by atoms with Crippen molar-refractivity contribution in [2.75, 3.05) is 0 Å². The summed E-state index contributed by atoms with van der Waals surface area (Å²) < 4.78 is 16.1. The van der Waals surface area contributed by atoms with Gasteiger partial charge >= 0.3 is 0 Å². The van der Waals surface area contributed by atoms with Crippen LogP contribution in [0.3, 0.4) is 0 Å². The van der Waals surface area contributed by atoms with Crippen LogP contribution in [-0.2, 0) is 6.42 Å². The van der Waals surface area contributed by atoms with Gasteiger partial charge in [0.15, 0.2) is 0 Å². The van der Waals surface area contributed by atoms with Crippen molar-refractivity contribution in [3.63, 3.8) is 0 Å². The Bertz CT molecular complexity index is 571. The molecule has 0 N–H and O–H groups in total. The highest BCUT2D eigenvalue weighted by Gasteiger charge is 2.25. The summed E-state index contributed by atoms with van der Waals surface area (Å²) in [6, 6.07) is 5.38.